The maximum Gasteiger partial charge on any atom is 0.254 e. The minimum Gasteiger partial charge on any atom is -0.497 e. The maximum atomic E-state index is 13.5. The fraction of sp³-hybridized carbons (Fsp3) is 0.318. The predicted octanol–water partition coefficient (Wildman–Crippen LogP) is 2.83. The van der Waals surface area contributed by atoms with Crippen molar-refractivity contribution >= 4 is 23.4 Å². The van der Waals surface area contributed by atoms with E-state index in [9.17, 15) is 23.2 Å². The van der Waals surface area contributed by atoms with Crippen LogP contribution in [0.2, 0.25) is 0 Å². The highest BCUT2D eigenvalue weighted by molar-refractivity contribution is 5.98. The Hall–Kier alpha value is -3.49. The lowest BCUT2D eigenvalue weighted by Gasteiger charge is -2.24. The number of hydrogen-bond donors (Lipinski definition) is 2. The Morgan fingerprint density at radius 2 is 1.61 bits per heavy atom. The molecule has 2 rings (SSSR count). The van der Waals surface area contributed by atoms with Gasteiger partial charge in [-0.15, -0.1) is 0 Å². The van der Waals surface area contributed by atoms with Gasteiger partial charge in [0.15, 0.2) is 0 Å². The maximum absolute atomic E-state index is 13.5. The Kier molecular flexibility index (Phi) is 8.48. The highest BCUT2D eigenvalue weighted by atomic mass is 19.1. The van der Waals surface area contributed by atoms with Gasteiger partial charge >= 0.3 is 0 Å². The smallest absolute Gasteiger partial charge is 0.254 e. The van der Waals surface area contributed by atoms with Crippen LogP contribution in [0.25, 0.3) is 0 Å². The number of methoxy groups -OCH3 is 1. The molecular formula is C22H25F2N3O4. The average Bonchev–Trinajstić information content (AvgIpc) is 2.70. The number of anilines is 1. The molecule has 0 spiro atoms. The molecule has 0 aromatic heterocycles. The molecule has 3 amide bonds. The van der Waals surface area contributed by atoms with Crippen molar-refractivity contribution in [3.05, 3.63) is 59.7 Å². The Morgan fingerprint density at radius 1 is 1.00 bits per heavy atom. The molecule has 0 heterocycles. The summed E-state index contributed by atoms with van der Waals surface area (Å²) in [5.74, 6) is -2.82. The summed E-state index contributed by atoms with van der Waals surface area (Å²) in [5.41, 5.74) is 0.341. The molecule has 0 aliphatic rings. The third-order valence-corrected chi connectivity index (χ3v) is 4.14. The van der Waals surface area contributed by atoms with E-state index in [4.69, 9.17) is 4.74 Å². The van der Waals surface area contributed by atoms with E-state index in [1.165, 1.54) is 12.0 Å². The van der Waals surface area contributed by atoms with E-state index in [-0.39, 0.29) is 31.1 Å². The second kappa shape index (κ2) is 11.1. The highest BCUT2D eigenvalue weighted by Crippen LogP contribution is 2.15. The number of rotatable bonds is 9. The van der Waals surface area contributed by atoms with Crippen LogP contribution in [0, 0.1) is 17.6 Å². The van der Waals surface area contributed by atoms with Gasteiger partial charge in [0.05, 0.1) is 20.2 Å². The third-order valence-electron chi connectivity index (χ3n) is 4.14. The summed E-state index contributed by atoms with van der Waals surface area (Å²) in [6, 6.07) is 9.16. The van der Waals surface area contributed by atoms with Gasteiger partial charge in [0.1, 0.15) is 17.4 Å². The van der Waals surface area contributed by atoms with Gasteiger partial charge < -0.3 is 20.3 Å². The molecule has 0 radical (unpaired) electrons. The molecule has 31 heavy (non-hydrogen) atoms. The number of nitrogens with zero attached hydrogens (tertiary/aromatic N) is 1. The van der Waals surface area contributed by atoms with E-state index in [2.05, 4.69) is 10.6 Å². The summed E-state index contributed by atoms with van der Waals surface area (Å²) in [5, 5.41) is 5.06. The number of halogens is 2. The first kappa shape index (κ1) is 23.8. The zero-order valence-electron chi connectivity index (χ0n) is 17.6. The topological polar surface area (TPSA) is 87.7 Å². The van der Waals surface area contributed by atoms with Crippen LogP contribution in [-0.2, 0) is 9.59 Å². The highest BCUT2D eigenvalue weighted by Gasteiger charge is 2.21. The van der Waals surface area contributed by atoms with Crippen LogP contribution in [0.4, 0.5) is 14.5 Å². The molecule has 7 nitrogen and oxygen atoms in total. The van der Waals surface area contributed by atoms with Crippen molar-refractivity contribution in [2.75, 3.05) is 32.1 Å². The molecule has 0 bridgehead atoms. The number of ether oxygens (including phenoxy) is 1. The fourth-order valence-corrected chi connectivity index (χ4v) is 2.81. The van der Waals surface area contributed by atoms with Gasteiger partial charge in [-0.05, 0) is 42.3 Å². The number of amides is 3. The second-order valence-electron chi connectivity index (χ2n) is 7.29. The van der Waals surface area contributed by atoms with Crippen molar-refractivity contribution in [3.63, 3.8) is 0 Å². The molecule has 0 saturated heterocycles. The van der Waals surface area contributed by atoms with Crippen molar-refractivity contribution in [3.8, 4) is 5.75 Å². The Bertz CT molecular complexity index is 913. The predicted molar refractivity (Wildman–Crippen MR) is 112 cm³/mol. The lowest BCUT2D eigenvalue weighted by molar-refractivity contribution is -0.124. The van der Waals surface area contributed by atoms with E-state index in [0.717, 1.165) is 12.1 Å². The van der Waals surface area contributed by atoms with E-state index < -0.39 is 29.4 Å². The van der Waals surface area contributed by atoms with Crippen molar-refractivity contribution in [2.24, 2.45) is 5.92 Å². The average molecular weight is 433 g/mol. The van der Waals surface area contributed by atoms with E-state index >= 15 is 0 Å². The molecule has 9 heteroatoms. The summed E-state index contributed by atoms with van der Waals surface area (Å²) < 4.78 is 32.0. The number of carbonyl (C=O) groups excluding carboxylic acids is 3. The Labute approximate surface area is 179 Å². The van der Waals surface area contributed by atoms with Gasteiger partial charge in [0.25, 0.3) is 5.91 Å². The van der Waals surface area contributed by atoms with Crippen molar-refractivity contribution in [1.29, 1.82) is 0 Å². The molecule has 2 aromatic carbocycles. The van der Waals surface area contributed by atoms with Crippen molar-refractivity contribution < 1.29 is 27.9 Å². The molecule has 0 fully saturated rings. The molecule has 0 aliphatic carbocycles. The van der Waals surface area contributed by atoms with E-state index in [1.54, 1.807) is 24.3 Å². The molecular weight excluding hydrogens is 408 g/mol. The number of benzene rings is 2. The normalized spacial score (nSPS) is 10.5. The second-order valence-corrected chi connectivity index (χ2v) is 7.29. The Morgan fingerprint density at radius 3 is 2.16 bits per heavy atom. The van der Waals surface area contributed by atoms with Crippen LogP contribution in [0.15, 0.2) is 42.5 Å². The van der Waals surface area contributed by atoms with Gasteiger partial charge in [-0.2, -0.15) is 0 Å². The van der Waals surface area contributed by atoms with Crippen molar-refractivity contribution in [2.45, 2.75) is 13.8 Å². The zero-order valence-corrected chi connectivity index (χ0v) is 17.6. The minimum absolute atomic E-state index is 0.00790. The molecule has 2 aromatic rings. The zero-order chi connectivity index (χ0) is 23.0. The SMILES string of the molecule is COc1ccc(NC(=O)CNC(=O)CN(CC(C)C)C(=O)c2cc(F)cc(F)c2)cc1. The van der Waals surface area contributed by atoms with Gasteiger partial charge in [0, 0.05) is 23.9 Å². The molecule has 0 aliphatic heterocycles. The molecule has 0 saturated carbocycles. The van der Waals surface area contributed by atoms with Crippen LogP contribution in [0.3, 0.4) is 0 Å². The van der Waals surface area contributed by atoms with Crippen LogP contribution in [-0.4, -0.2) is 49.4 Å². The van der Waals surface area contributed by atoms with Crippen molar-refractivity contribution in [1.82, 2.24) is 10.2 Å². The van der Waals surface area contributed by atoms with Crippen LogP contribution in [0.5, 0.6) is 5.75 Å². The first-order chi connectivity index (χ1) is 14.7. The van der Waals surface area contributed by atoms with Crippen LogP contribution < -0.4 is 15.4 Å². The first-order valence-corrected chi connectivity index (χ1v) is 9.64. The molecule has 166 valence electrons. The third kappa shape index (κ3) is 7.69. The summed E-state index contributed by atoms with van der Waals surface area (Å²) in [6.07, 6.45) is 0. The number of carbonyl (C=O) groups is 3. The molecule has 0 unspecified atom stereocenters. The van der Waals surface area contributed by atoms with Gasteiger partial charge in [-0.1, -0.05) is 13.8 Å². The first-order valence-electron chi connectivity index (χ1n) is 9.64. The quantitative estimate of drug-likeness (QED) is 0.637. The summed E-state index contributed by atoms with van der Waals surface area (Å²) in [6.45, 7) is 3.22. The number of nitrogens with one attached hydrogen (secondary N) is 2. The standard InChI is InChI=1S/C22H25F2N3O4/c1-14(2)12-27(22(30)15-8-16(23)10-17(24)9-15)13-21(29)25-11-20(28)26-18-4-6-19(31-3)7-5-18/h4-10,14H,11-13H2,1-3H3,(H,25,29)(H,26,28). The summed E-state index contributed by atoms with van der Waals surface area (Å²) in [7, 11) is 1.53. The fourth-order valence-electron chi connectivity index (χ4n) is 2.81. The van der Waals surface area contributed by atoms with E-state index in [1.807, 2.05) is 13.8 Å². The molecule has 0 atom stereocenters. The lowest BCUT2D eigenvalue weighted by atomic mass is 10.1. The lowest BCUT2D eigenvalue weighted by Crippen LogP contribution is -2.44. The minimum atomic E-state index is -0.882. The van der Waals surface area contributed by atoms with E-state index in [0.29, 0.717) is 17.5 Å². The monoisotopic (exact) mass is 433 g/mol. The summed E-state index contributed by atoms with van der Waals surface area (Å²) in [4.78, 5) is 38.2. The Balaban J connectivity index is 1.95. The van der Waals surface area contributed by atoms with Crippen LogP contribution >= 0.6 is 0 Å². The molecule has 2 N–H and O–H groups in total. The van der Waals surface area contributed by atoms with Gasteiger partial charge in [-0.25, -0.2) is 8.78 Å². The van der Waals surface area contributed by atoms with Gasteiger partial charge in [-0.3, -0.25) is 14.4 Å². The largest absolute Gasteiger partial charge is 0.497 e. The number of hydrogen-bond acceptors (Lipinski definition) is 4. The van der Waals surface area contributed by atoms with Gasteiger partial charge in [0.2, 0.25) is 11.8 Å². The summed E-state index contributed by atoms with van der Waals surface area (Å²) >= 11 is 0. The van der Waals surface area contributed by atoms with Crippen LogP contribution in [0.1, 0.15) is 24.2 Å².